The first-order valence-electron chi connectivity index (χ1n) is 10.0. The maximum Gasteiger partial charge on any atom is 0.249 e. The van der Waals surface area contributed by atoms with E-state index >= 15 is 0 Å². The fourth-order valence-electron chi connectivity index (χ4n) is 4.32. The molecule has 1 fully saturated rings. The first kappa shape index (κ1) is 20.2. The summed E-state index contributed by atoms with van der Waals surface area (Å²) in [6.45, 7) is 0.550. The molecule has 176 valence electrons. The molecule has 0 amide bonds. The molecule has 1 saturated heterocycles. The summed E-state index contributed by atoms with van der Waals surface area (Å²) >= 11 is 2.63. The number of aliphatic imine (C=N–C) groups is 1. The third-order valence-corrected chi connectivity index (χ3v) is 7.12. The normalized spacial score (nSPS) is 24.4. The zero-order valence-electron chi connectivity index (χ0n) is 17.3. The molecule has 2 aliphatic heterocycles. The Morgan fingerprint density at radius 1 is 1.14 bits per heavy atom. The number of aromatic amines is 2. The van der Waals surface area contributed by atoms with Crippen LogP contribution < -0.4 is 10.2 Å². The molecule has 0 saturated carbocycles. The number of nitrogens with one attached hydrogen (secondary N) is 2. The number of hydrogen-bond acceptors (Lipinski definition) is 17. The van der Waals surface area contributed by atoms with Gasteiger partial charge < -0.3 is 14.0 Å². The van der Waals surface area contributed by atoms with Crippen molar-refractivity contribution in [3.8, 4) is 0 Å². The lowest BCUT2D eigenvalue weighted by atomic mass is 9.74. The first-order valence-corrected chi connectivity index (χ1v) is 11.8. The second-order valence-corrected chi connectivity index (χ2v) is 8.88. The highest BCUT2D eigenvalue weighted by molar-refractivity contribution is 8.14. The number of anilines is 2. The number of rotatable bonds is 6. The quantitative estimate of drug-likeness (QED) is 0.314. The molecule has 17 nitrogen and oxygen atoms in total. The number of hydrogen-bond donors (Lipinski definition) is 2. The van der Waals surface area contributed by atoms with Crippen molar-refractivity contribution in [3.05, 3.63) is 53.6 Å². The molecule has 0 aromatic carbocycles. The van der Waals surface area contributed by atoms with Crippen LogP contribution >= 0.6 is 23.3 Å². The number of H-pyrrole nitrogens is 2. The minimum Gasteiger partial charge on any atom is -0.364 e. The summed E-state index contributed by atoms with van der Waals surface area (Å²) < 4.78 is 14.6. The molecule has 0 radical (unpaired) electrons. The maximum atomic E-state index is 6.80. The summed E-state index contributed by atoms with van der Waals surface area (Å²) in [4.78, 5) is 19.0. The Morgan fingerprint density at radius 3 is 2.80 bits per heavy atom. The number of hydrazine groups is 1. The Labute approximate surface area is 202 Å². The summed E-state index contributed by atoms with van der Waals surface area (Å²) in [7, 11) is 0. The standard InChI is InChI=1S/C16H12N14O3S2/c1-5-31-24-9(1)15(10-7-32-27-20-10)16(12-22-25-26-23-12,13-17-4-6-34-13)33-30(14-18-2-3-19-14)29(15)11-8-35-28-21-11/h1-3,5,7-8H,4,6H2,(H,18,19)(H,22,23,25,26). The van der Waals surface area contributed by atoms with E-state index in [1.807, 2.05) is 0 Å². The summed E-state index contributed by atoms with van der Waals surface area (Å²) in [5, 5.41) is 37.1. The number of imidazole rings is 1. The first-order chi connectivity index (χ1) is 17.4. The van der Waals surface area contributed by atoms with E-state index in [2.05, 4.69) is 55.7 Å². The molecule has 19 heteroatoms. The third-order valence-electron chi connectivity index (χ3n) is 5.55. The third kappa shape index (κ3) is 2.61. The number of aromatic nitrogens is 11. The lowest BCUT2D eigenvalue weighted by Gasteiger charge is -2.40. The van der Waals surface area contributed by atoms with Crippen LogP contribution in [0.15, 0.2) is 50.4 Å². The molecular formula is C16H12N14O3S2. The molecule has 0 aliphatic carbocycles. The number of thioether (sulfide) groups is 1. The highest BCUT2D eigenvalue weighted by atomic mass is 32.2. The molecule has 5 aromatic rings. The lowest BCUT2D eigenvalue weighted by molar-refractivity contribution is 0.00719. The van der Waals surface area contributed by atoms with Crippen molar-refractivity contribution in [2.24, 2.45) is 4.99 Å². The van der Waals surface area contributed by atoms with Crippen molar-refractivity contribution in [2.75, 3.05) is 22.5 Å². The van der Waals surface area contributed by atoms with Crippen molar-refractivity contribution >= 4 is 40.1 Å². The van der Waals surface area contributed by atoms with E-state index in [0.717, 1.165) is 11.5 Å². The van der Waals surface area contributed by atoms with E-state index < -0.39 is 11.1 Å². The molecule has 0 bridgehead atoms. The molecule has 5 aromatic heterocycles. The molecule has 0 spiro atoms. The molecule has 35 heavy (non-hydrogen) atoms. The van der Waals surface area contributed by atoms with Gasteiger partial charge >= 0.3 is 0 Å². The van der Waals surface area contributed by atoms with Gasteiger partial charge in [-0.1, -0.05) is 14.9 Å². The van der Waals surface area contributed by atoms with Gasteiger partial charge in [-0.15, -0.1) is 37.3 Å². The van der Waals surface area contributed by atoms with Gasteiger partial charge in [0.15, 0.2) is 12.1 Å². The Kier molecular flexibility index (Phi) is 4.41. The van der Waals surface area contributed by atoms with Crippen LogP contribution in [0.3, 0.4) is 0 Å². The van der Waals surface area contributed by atoms with Crippen LogP contribution in [0.4, 0.5) is 11.8 Å². The van der Waals surface area contributed by atoms with Crippen molar-refractivity contribution in [3.63, 3.8) is 0 Å². The summed E-state index contributed by atoms with van der Waals surface area (Å²) in [5.74, 6) is 1.56. The minimum absolute atomic E-state index is 0.152. The van der Waals surface area contributed by atoms with Crippen LogP contribution in [-0.4, -0.2) is 73.0 Å². The minimum atomic E-state index is -1.62. The van der Waals surface area contributed by atoms with Gasteiger partial charge in [0, 0.05) is 36.0 Å². The fourth-order valence-corrected chi connectivity index (χ4v) is 5.78. The van der Waals surface area contributed by atoms with Crippen LogP contribution in [0.5, 0.6) is 0 Å². The Morgan fingerprint density at radius 2 is 2.14 bits per heavy atom. The predicted molar refractivity (Wildman–Crippen MR) is 117 cm³/mol. The van der Waals surface area contributed by atoms with E-state index in [4.69, 9.17) is 18.9 Å². The monoisotopic (exact) mass is 512 g/mol. The van der Waals surface area contributed by atoms with E-state index in [0.29, 0.717) is 34.8 Å². The van der Waals surface area contributed by atoms with Crippen LogP contribution in [0.25, 0.3) is 0 Å². The summed E-state index contributed by atoms with van der Waals surface area (Å²) in [5.41, 5.74) is -2.53. The average Bonchev–Trinajstić information content (AvgIpc) is 3.71. The topological polar surface area (TPSA) is 202 Å². The fraction of sp³-hybridized carbons (Fsp3) is 0.250. The van der Waals surface area contributed by atoms with E-state index in [-0.39, 0.29) is 11.5 Å². The van der Waals surface area contributed by atoms with E-state index in [1.54, 1.807) is 28.8 Å². The van der Waals surface area contributed by atoms with Crippen LogP contribution in [-0.2, 0) is 16.0 Å². The molecule has 2 N–H and O–H groups in total. The summed E-state index contributed by atoms with van der Waals surface area (Å²) in [6.07, 6.45) is 6.05. The molecular weight excluding hydrogens is 500 g/mol. The Balaban J connectivity index is 1.65. The van der Waals surface area contributed by atoms with Gasteiger partial charge in [0.05, 0.1) is 5.38 Å². The maximum absolute atomic E-state index is 6.80. The molecule has 2 unspecified atom stereocenters. The van der Waals surface area contributed by atoms with Gasteiger partial charge in [0.2, 0.25) is 22.9 Å². The van der Waals surface area contributed by atoms with Crippen molar-refractivity contribution in [1.29, 1.82) is 0 Å². The smallest absolute Gasteiger partial charge is 0.249 e. The second-order valence-electron chi connectivity index (χ2n) is 7.19. The van der Waals surface area contributed by atoms with E-state index in [1.165, 1.54) is 29.5 Å². The number of tetrazole rings is 1. The Bertz CT molecular complexity index is 1390. The van der Waals surface area contributed by atoms with Gasteiger partial charge in [-0.2, -0.15) is 5.21 Å². The van der Waals surface area contributed by atoms with Crippen LogP contribution in [0.2, 0.25) is 0 Å². The van der Waals surface area contributed by atoms with Crippen LogP contribution in [0, 0.1) is 0 Å². The van der Waals surface area contributed by atoms with Crippen molar-refractivity contribution in [1.82, 2.24) is 55.7 Å². The predicted octanol–water partition coefficient (Wildman–Crippen LogP) is 0.303. The molecule has 2 aliphatic rings. The van der Waals surface area contributed by atoms with Gasteiger partial charge in [0.25, 0.3) is 0 Å². The SMILES string of the molecule is c1c[nH]c(N2OC(C3=NCCS3)(c3nn[nH]n3)C(c3conn3)(c3ccon3)N2c2csnn2)n1. The van der Waals surface area contributed by atoms with Gasteiger partial charge in [-0.25, -0.2) is 14.8 Å². The van der Waals surface area contributed by atoms with Crippen molar-refractivity contribution < 1.29 is 13.9 Å². The molecule has 2 atom stereocenters. The Hall–Kier alpha value is -4.23. The van der Waals surface area contributed by atoms with E-state index in [9.17, 15) is 0 Å². The summed E-state index contributed by atoms with van der Waals surface area (Å²) in [6, 6.07) is 1.67. The average molecular weight is 513 g/mol. The van der Waals surface area contributed by atoms with Crippen LogP contribution in [0.1, 0.15) is 17.2 Å². The molecule has 7 heterocycles. The zero-order valence-corrected chi connectivity index (χ0v) is 18.9. The molecule has 7 rings (SSSR count). The highest BCUT2D eigenvalue weighted by Gasteiger charge is 2.76. The van der Waals surface area contributed by atoms with Crippen molar-refractivity contribution in [2.45, 2.75) is 11.1 Å². The van der Waals surface area contributed by atoms with Gasteiger partial charge in [-0.05, 0) is 11.5 Å². The number of nitrogens with zero attached hydrogens (tertiary/aromatic N) is 12. The van der Waals surface area contributed by atoms with Gasteiger partial charge in [0.1, 0.15) is 22.7 Å². The van der Waals surface area contributed by atoms with Gasteiger partial charge in [-0.3, -0.25) is 4.99 Å². The highest BCUT2D eigenvalue weighted by Crippen LogP contribution is 2.59. The largest absolute Gasteiger partial charge is 0.364 e. The zero-order chi connectivity index (χ0) is 23.3. The second kappa shape index (κ2) is 7.65. The lowest BCUT2D eigenvalue weighted by Crippen LogP contribution is -2.60.